The first-order chi connectivity index (χ1) is 6.70. The Bertz CT molecular complexity index is 375. The van der Waals surface area contributed by atoms with Crippen molar-refractivity contribution < 1.29 is 9.59 Å². The molecule has 0 unspecified atom stereocenters. The third-order valence-corrected chi connectivity index (χ3v) is 2.15. The Morgan fingerprint density at radius 3 is 2.29 bits per heavy atom. The van der Waals surface area contributed by atoms with E-state index in [4.69, 9.17) is 0 Å². The van der Waals surface area contributed by atoms with Gasteiger partial charge >= 0.3 is 6.03 Å². The highest BCUT2D eigenvalue weighted by atomic mass is 16.2. The molecule has 4 nitrogen and oxygen atoms in total. The standard InChI is InChI=1S/C10H10N2O2/c1-11-7-9(13)12(10(11)14)8-5-3-2-4-6-8/h2-6H,7H2,1H3. The molecule has 1 aliphatic rings. The van der Waals surface area contributed by atoms with Gasteiger partial charge in [-0.3, -0.25) is 4.79 Å². The summed E-state index contributed by atoms with van der Waals surface area (Å²) in [5.74, 6) is -0.177. The topological polar surface area (TPSA) is 40.6 Å². The summed E-state index contributed by atoms with van der Waals surface area (Å²) in [7, 11) is 1.61. The van der Waals surface area contributed by atoms with E-state index in [-0.39, 0.29) is 18.5 Å². The predicted molar refractivity (Wildman–Crippen MR) is 52.0 cm³/mol. The molecule has 1 heterocycles. The minimum atomic E-state index is -0.263. The highest BCUT2D eigenvalue weighted by Gasteiger charge is 2.34. The fourth-order valence-electron chi connectivity index (χ4n) is 1.45. The molecule has 1 aromatic carbocycles. The molecular weight excluding hydrogens is 180 g/mol. The highest BCUT2D eigenvalue weighted by Crippen LogP contribution is 2.19. The molecule has 0 spiro atoms. The van der Waals surface area contributed by atoms with Crippen LogP contribution in [-0.4, -0.2) is 30.4 Å². The lowest BCUT2D eigenvalue weighted by atomic mass is 10.3. The van der Waals surface area contributed by atoms with E-state index in [1.165, 1.54) is 9.80 Å². The van der Waals surface area contributed by atoms with Gasteiger partial charge in [0.25, 0.3) is 5.91 Å². The first-order valence-electron chi connectivity index (χ1n) is 4.33. The third-order valence-electron chi connectivity index (χ3n) is 2.15. The Hall–Kier alpha value is -1.84. The zero-order valence-electron chi connectivity index (χ0n) is 7.80. The molecule has 0 N–H and O–H groups in total. The molecule has 72 valence electrons. The Labute approximate surface area is 81.7 Å². The summed E-state index contributed by atoms with van der Waals surface area (Å²) in [4.78, 5) is 25.6. The maximum atomic E-state index is 11.5. The average Bonchev–Trinajstić information content (AvgIpc) is 2.43. The van der Waals surface area contributed by atoms with E-state index in [0.29, 0.717) is 5.69 Å². The van der Waals surface area contributed by atoms with Gasteiger partial charge in [0.05, 0.1) is 5.69 Å². The van der Waals surface area contributed by atoms with Crippen molar-refractivity contribution in [3.05, 3.63) is 30.3 Å². The monoisotopic (exact) mass is 190 g/mol. The predicted octanol–water partition coefficient (Wildman–Crippen LogP) is 1.08. The van der Waals surface area contributed by atoms with Gasteiger partial charge in [-0.15, -0.1) is 0 Å². The number of rotatable bonds is 1. The lowest BCUT2D eigenvalue weighted by molar-refractivity contribution is -0.116. The number of likely N-dealkylation sites (N-methyl/N-ethyl adjacent to an activating group) is 1. The van der Waals surface area contributed by atoms with Crippen LogP contribution in [0.4, 0.5) is 10.5 Å². The molecular formula is C10H10N2O2. The molecule has 0 radical (unpaired) electrons. The molecule has 1 aliphatic heterocycles. The maximum Gasteiger partial charge on any atom is 0.331 e. The van der Waals surface area contributed by atoms with Crippen molar-refractivity contribution in [3.63, 3.8) is 0 Å². The van der Waals surface area contributed by atoms with Crippen LogP contribution in [-0.2, 0) is 4.79 Å². The normalized spacial score (nSPS) is 16.6. The molecule has 1 fully saturated rings. The number of urea groups is 1. The van der Waals surface area contributed by atoms with Crippen LogP contribution in [0.1, 0.15) is 0 Å². The Kier molecular flexibility index (Phi) is 1.96. The van der Waals surface area contributed by atoms with Crippen molar-refractivity contribution in [2.75, 3.05) is 18.5 Å². The first-order valence-corrected chi connectivity index (χ1v) is 4.33. The summed E-state index contributed by atoms with van der Waals surface area (Å²) in [6.07, 6.45) is 0. The van der Waals surface area contributed by atoms with Crippen molar-refractivity contribution >= 4 is 17.6 Å². The van der Waals surface area contributed by atoms with Gasteiger partial charge in [-0.05, 0) is 12.1 Å². The minimum Gasteiger partial charge on any atom is -0.318 e. The number of nitrogens with zero attached hydrogens (tertiary/aromatic N) is 2. The second-order valence-electron chi connectivity index (χ2n) is 3.20. The van der Waals surface area contributed by atoms with Crippen LogP contribution in [0.5, 0.6) is 0 Å². The van der Waals surface area contributed by atoms with Gasteiger partial charge in [0.2, 0.25) is 0 Å². The van der Waals surface area contributed by atoms with Gasteiger partial charge in [0.1, 0.15) is 6.54 Å². The molecule has 0 saturated carbocycles. The second kappa shape index (κ2) is 3.14. The molecule has 1 saturated heterocycles. The van der Waals surface area contributed by atoms with Gasteiger partial charge in [-0.25, -0.2) is 9.69 Å². The summed E-state index contributed by atoms with van der Waals surface area (Å²) >= 11 is 0. The van der Waals surface area contributed by atoms with E-state index in [1.54, 1.807) is 31.3 Å². The summed E-state index contributed by atoms with van der Waals surface area (Å²) in [5, 5.41) is 0. The third kappa shape index (κ3) is 1.25. The highest BCUT2D eigenvalue weighted by molar-refractivity contribution is 6.19. The van der Waals surface area contributed by atoms with Crippen molar-refractivity contribution in [1.82, 2.24) is 4.90 Å². The van der Waals surface area contributed by atoms with Crippen LogP contribution in [0.2, 0.25) is 0 Å². The maximum absolute atomic E-state index is 11.5. The SMILES string of the molecule is CN1CC(=O)N(c2ccccc2)C1=O. The number of imide groups is 1. The number of para-hydroxylation sites is 1. The number of anilines is 1. The number of amides is 3. The van der Waals surface area contributed by atoms with E-state index in [0.717, 1.165) is 0 Å². The number of hydrogen-bond donors (Lipinski definition) is 0. The van der Waals surface area contributed by atoms with Gasteiger partial charge in [0.15, 0.2) is 0 Å². The van der Waals surface area contributed by atoms with E-state index >= 15 is 0 Å². The zero-order chi connectivity index (χ0) is 10.1. The minimum absolute atomic E-state index is 0.160. The first kappa shape index (κ1) is 8.74. The Morgan fingerprint density at radius 1 is 1.14 bits per heavy atom. The zero-order valence-corrected chi connectivity index (χ0v) is 7.80. The van der Waals surface area contributed by atoms with Gasteiger partial charge in [-0.1, -0.05) is 18.2 Å². The molecule has 0 aliphatic carbocycles. The van der Waals surface area contributed by atoms with Crippen molar-refractivity contribution in [1.29, 1.82) is 0 Å². The Morgan fingerprint density at radius 2 is 1.79 bits per heavy atom. The van der Waals surface area contributed by atoms with Crippen LogP contribution in [0.3, 0.4) is 0 Å². The fourth-order valence-corrected chi connectivity index (χ4v) is 1.45. The fraction of sp³-hybridized carbons (Fsp3) is 0.200. The van der Waals surface area contributed by atoms with E-state index in [1.807, 2.05) is 6.07 Å². The van der Waals surface area contributed by atoms with Gasteiger partial charge in [0, 0.05) is 7.05 Å². The average molecular weight is 190 g/mol. The summed E-state index contributed by atoms with van der Waals surface area (Å²) in [6.45, 7) is 0.160. The van der Waals surface area contributed by atoms with Crippen molar-refractivity contribution in [2.24, 2.45) is 0 Å². The number of hydrogen-bond acceptors (Lipinski definition) is 2. The van der Waals surface area contributed by atoms with Gasteiger partial charge < -0.3 is 4.90 Å². The molecule has 0 atom stereocenters. The second-order valence-corrected chi connectivity index (χ2v) is 3.20. The van der Waals surface area contributed by atoms with E-state index < -0.39 is 0 Å². The smallest absolute Gasteiger partial charge is 0.318 e. The van der Waals surface area contributed by atoms with Crippen LogP contribution in [0, 0.1) is 0 Å². The van der Waals surface area contributed by atoms with Crippen LogP contribution in [0.15, 0.2) is 30.3 Å². The van der Waals surface area contributed by atoms with Gasteiger partial charge in [-0.2, -0.15) is 0 Å². The lowest BCUT2D eigenvalue weighted by Crippen LogP contribution is -2.31. The molecule has 0 bridgehead atoms. The molecule has 14 heavy (non-hydrogen) atoms. The molecule has 3 amide bonds. The van der Waals surface area contributed by atoms with Crippen LogP contribution in [0.25, 0.3) is 0 Å². The summed E-state index contributed by atoms with van der Waals surface area (Å²) in [6, 6.07) is 8.67. The molecule has 1 aromatic rings. The van der Waals surface area contributed by atoms with Crippen LogP contribution >= 0.6 is 0 Å². The molecule has 2 rings (SSSR count). The summed E-state index contributed by atoms with van der Waals surface area (Å²) < 4.78 is 0. The lowest BCUT2D eigenvalue weighted by Gasteiger charge is -2.13. The van der Waals surface area contributed by atoms with Crippen molar-refractivity contribution in [2.45, 2.75) is 0 Å². The summed E-state index contributed by atoms with van der Waals surface area (Å²) in [5.41, 5.74) is 0.631. The van der Waals surface area contributed by atoms with E-state index in [9.17, 15) is 9.59 Å². The van der Waals surface area contributed by atoms with E-state index in [2.05, 4.69) is 0 Å². The quantitative estimate of drug-likeness (QED) is 0.622. The largest absolute Gasteiger partial charge is 0.331 e. The molecule has 4 heteroatoms. The number of benzene rings is 1. The van der Waals surface area contributed by atoms with Crippen molar-refractivity contribution in [3.8, 4) is 0 Å². The Balaban J connectivity index is 2.36. The number of carbonyl (C=O) groups excluding carboxylic acids is 2. The molecule has 0 aromatic heterocycles. The number of carbonyl (C=O) groups is 2. The van der Waals surface area contributed by atoms with Crippen LogP contribution < -0.4 is 4.90 Å².